The van der Waals surface area contributed by atoms with Crippen molar-refractivity contribution in [3.63, 3.8) is 0 Å². The molecule has 4 nitrogen and oxygen atoms in total. The van der Waals surface area contributed by atoms with Gasteiger partial charge in [-0.15, -0.1) is 0 Å². The second-order valence-electron chi connectivity index (χ2n) is 4.23. The number of anilines is 1. The molecule has 0 saturated carbocycles. The van der Waals surface area contributed by atoms with E-state index in [1.54, 1.807) is 5.32 Å². The molecule has 1 aromatic rings. The predicted molar refractivity (Wildman–Crippen MR) is 71.3 cm³/mol. The Morgan fingerprint density at radius 1 is 1.48 bits per heavy atom. The number of carbonyl (C=O) groups is 1. The van der Waals surface area contributed by atoms with E-state index < -0.39 is 24.8 Å². The minimum atomic E-state index is -4.28. The van der Waals surface area contributed by atoms with Gasteiger partial charge in [-0.2, -0.15) is 8.78 Å². The maximum Gasteiger partial charge on any atom is 0.324 e. The molecule has 0 fully saturated rings. The first-order valence-corrected chi connectivity index (χ1v) is 6.49. The van der Waals surface area contributed by atoms with Crippen molar-refractivity contribution in [1.82, 2.24) is 10.3 Å². The topological polar surface area (TPSA) is 54.0 Å². The average Bonchev–Trinajstić information content (AvgIpc) is 2.43. The Bertz CT molecular complexity index is 499. The Hall–Kier alpha value is -1.57. The lowest BCUT2D eigenvalue weighted by Crippen LogP contribution is -2.41. The van der Waals surface area contributed by atoms with E-state index in [-0.39, 0.29) is 10.6 Å². The molecule has 0 bridgehead atoms. The van der Waals surface area contributed by atoms with Crippen molar-refractivity contribution in [1.29, 1.82) is 0 Å². The molecule has 0 aliphatic rings. The highest BCUT2D eigenvalue weighted by atomic mass is 35.5. The number of pyridine rings is 1. The van der Waals surface area contributed by atoms with Gasteiger partial charge < -0.3 is 10.6 Å². The van der Waals surface area contributed by atoms with Gasteiger partial charge in [-0.05, 0) is 12.5 Å². The van der Waals surface area contributed by atoms with Crippen molar-refractivity contribution in [3.05, 3.63) is 22.8 Å². The number of nitrogens with one attached hydrogen (secondary N) is 2. The molecule has 2 N–H and O–H groups in total. The van der Waals surface area contributed by atoms with E-state index in [0.29, 0.717) is 12.4 Å². The molecule has 0 atom stereocenters. The molecule has 0 aliphatic carbocycles. The molecule has 1 aromatic heterocycles. The van der Waals surface area contributed by atoms with Gasteiger partial charge in [0.05, 0.1) is 17.1 Å². The third-order valence-electron chi connectivity index (χ3n) is 2.45. The van der Waals surface area contributed by atoms with Crippen LogP contribution in [0.4, 0.5) is 23.4 Å². The zero-order valence-electron chi connectivity index (χ0n) is 11.1. The zero-order chi connectivity index (χ0) is 16.0. The molecule has 0 aliphatic heterocycles. The van der Waals surface area contributed by atoms with Gasteiger partial charge >= 0.3 is 12.3 Å². The molecule has 21 heavy (non-hydrogen) atoms. The number of halogens is 5. The van der Waals surface area contributed by atoms with Gasteiger partial charge in [-0.3, -0.25) is 4.79 Å². The molecule has 1 heterocycles. The van der Waals surface area contributed by atoms with Crippen LogP contribution in [0.2, 0.25) is 5.02 Å². The molecule has 0 aromatic carbocycles. The van der Waals surface area contributed by atoms with Crippen LogP contribution in [0.1, 0.15) is 23.7 Å². The van der Waals surface area contributed by atoms with Gasteiger partial charge in [0.1, 0.15) is 5.82 Å². The predicted octanol–water partition coefficient (Wildman–Crippen LogP) is 3.19. The number of aromatic nitrogens is 1. The number of amides is 1. The summed E-state index contributed by atoms with van der Waals surface area (Å²) in [6, 6.07) is 1.22. The Morgan fingerprint density at radius 3 is 2.67 bits per heavy atom. The van der Waals surface area contributed by atoms with Crippen molar-refractivity contribution in [3.8, 4) is 0 Å². The van der Waals surface area contributed by atoms with E-state index in [0.717, 1.165) is 12.6 Å². The van der Waals surface area contributed by atoms with Crippen LogP contribution in [0.3, 0.4) is 0 Å². The maximum absolute atomic E-state index is 12.7. The number of hydrogen-bond acceptors (Lipinski definition) is 3. The first kappa shape index (κ1) is 17.5. The maximum atomic E-state index is 12.7. The summed E-state index contributed by atoms with van der Waals surface area (Å²) in [6.45, 7) is 1.10. The van der Waals surface area contributed by atoms with Gasteiger partial charge in [0.2, 0.25) is 0 Å². The molecule has 118 valence electrons. The van der Waals surface area contributed by atoms with Crippen molar-refractivity contribution < 1.29 is 22.4 Å². The van der Waals surface area contributed by atoms with Crippen LogP contribution in [-0.4, -0.2) is 36.3 Å². The third kappa shape index (κ3) is 5.04. The van der Waals surface area contributed by atoms with Gasteiger partial charge in [-0.25, -0.2) is 13.8 Å². The second kappa shape index (κ2) is 7.44. The lowest BCUT2D eigenvalue weighted by atomic mass is 10.2. The van der Waals surface area contributed by atoms with Gasteiger partial charge in [0.25, 0.3) is 5.91 Å². The summed E-state index contributed by atoms with van der Waals surface area (Å²) < 4.78 is 49.3. The normalized spacial score (nSPS) is 11.6. The van der Waals surface area contributed by atoms with E-state index in [2.05, 4.69) is 10.3 Å². The average molecular weight is 328 g/mol. The molecule has 0 saturated heterocycles. The third-order valence-corrected chi connectivity index (χ3v) is 2.74. The minimum Gasteiger partial charge on any atom is -0.369 e. The lowest BCUT2D eigenvalue weighted by Gasteiger charge is -2.15. The summed E-state index contributed by atoms with van der Waals surface area (Å²) in [6.07, 6.45) is -1.89. The lowest BCUT2D eigenvalue weighted by molar-refractivity contribution is -0.123. The Kier molecular flexibility index (Phi) is 6.19. The van der Waals surface area contributed by atoms with Crippen LogP contribution in [-0.2, 0) is 0 Å². The van der Waals surface area contributed by atoms with Gasteiger partial charge in [0.15, 0.2) is 0 Å². The Morgan fingerprint density at radius 2 is 2.14 bits per heavy atom. The van der Waals surface area contributed by atoms with Crippen molar-refractivity contribution >= 4 is 23.3 Å². The van der Waals surface area contributed by atoms with Crippen LogP contribution < -0.4 is 10.6 Å². The summed E-state index contributed by atoms with van der Waals surface area (Å²) in [5.41, 5.74) is -0.0906. The largest absolute Gasteiger partial charge is 0.369 e. The fourth-order valence-electron chi connectivity index (χ4n) is 1.31. The standard InChI is InChI=1S/C12H14ClF4N3O/c1-2-3-18-9-8(13)4-7(5-19-9)10(21)20-6-12(16,17)11(14)15/h4-5,11H,2-3,6H2,1H3,(H,18,19)(H,20,21). The first-order valence-electron chi connectivity index (χ1n) is 6.11. The van der Waals surface area contributed by atoms with Crippen LogP contribution in [0.5, 0.6) is 0 Å². The second-order valence-corrected chi connectivity index (χ2v) is 4.63. The van der Waals surface area contributed by atoms with Gasteiger partial charge in [-0.1, -0.05) is 18.5 Å². The number of hydrogen-bond donors (Lipinski definition) is 2. The molecule has 9 heteroatoms. The highest BCUT2D eigenvalue weighted by Gasteiger charge is 2.40. The molecule has 0 spiro atoms. The summed E-state index contributed by atoms with van der Waals surface area (Å²) >= 11 is 5.88. The quantitative estimate of drug-likeness (QED) is 0.756. The fraction of sp³-hybridized carbons (Fsp3) is 0.500. The Balaban J connectivity index is 2.69. The monoisotopic (exact) mass is 327 g/mol. The molecule has 0 unspecified atom stereocenters. The summed E-state index contributed by atoms with van der Waals surface area (Å²) in [5.74, 6) is -4.88. The molecular formula is C12H14ClF4N3O. The van der Waals surface area contributed by atoms with E-state index in [1.807, 2.05) is 6.92 Å². The van der Waals surface area contributed by atoms with E-state index in [4.69, 9.17) is 11.6 Å². The van der Waals surface area contributed by atoms with Gasteiger partial charge in [0, 0.05) is 12.7 Å². The molecular weight excluding hydrogens is 314 g/mol. The van der Waals surface area contributed by atoms with Crippen molar-refractivity contribution in [2.24, 2.45) is 0 Å². The highest BCUT2D eigenvalue weighted by molar-refractivity contribution is 6.33. The summed E-state index contributed by atoms with van der Waals surface area (Å²) in [4.78, 5) is 15.5. The smallest absolute Gasteiger partial charge is 0.324 e. The van der Waals surface area contributed by atoms with Crippen LogP contribution in [0.15, 0.2) is 12.3 Å². The van der Waals surface area contributed by atoms with E-state index in [1.165, 1.54) is 6.07 Å². The number of carbonyl (C=O) groups excluding carboxylic acids is 1. The highest BCUT2D eigenvalue weighted by Crippen LogP contribution is 2.22. The summed E-state index contributed by atoms with van der Waals surface area (Å²) in [7, 11) is 0. The minimum absolute atomic E-state index is 0.0906. The summed E-state index contributed by atoms with van der Waals surface area (Å²) in [5, 5.41) is 4.76. The fourth-order valence-corrected chi connectivity index (χ4v) is 1.55. The first-order chi connectivity index (χ1) is 9.77. The Labute approximate surface area is 123 Å². The van der Waals surface area contributed by atoms with Crippen LogP contribution in [0.25, 0.3) is 0 Å². The molecule has 0 radical (unpaired) electrons. The number of alkyl halides is 4. The van der Waals surface area contributed by atoms with Crippen molar-refractivity contribution in [2.45, 2.75) is 25.7 Å². The van der Waals surface area contributed by atoms with E-state index >= 15 is 0 Å². The number of rotatable bonds is 7. The number of nitrogens with zero attached hydrogens (tertiary/aromatic N) is 1. The zero-order valence-corrected chi connectivity index (χ0v) is 11.9. The van der Waals surface area contributed by atoms with Crippen LogP contribution >= 0.6 is 11.6 Å². The van der Waals surface area contributed by atoms with E-state index in [9.17, 15) is 22.4 Å². The van der Waals surface area contributed by atoms with Crippen molar-refractivity contribution in [2.75, 3.05) is 18.4 Å². The SMILES string of the molecule is CCCNc1ncc(C(=O)NCC(F)(F)C(F)F)cc1Cl. The molecule has 1 rings (SSSR count). The molecule has 1 amide bonds. The van der Waals surface area contributed by atoms with Crippen LogP contribution in [0, 0.1) is 0 Å².